The maximum atomic E-state index is 10.2. The van der Waals surface area contributed by atoms with Crippen molar-refractivity contribution >= 4 is 11.9 Å². The lowest BCUT2D eigenvalue weighted by atomic mass is 10.1. The molecular formula is C23H28O7. The van der Waals surface area contributed by atoms with Crippen LogP contribution in [0.25, 0.3) is 0 Å². The molecule has 30 heavy (non-hydrogen) atoms. The third-order valence-electron chi connectivity index (χ3n) is 5.03. The minimum atomic E-state index is -0.879. The van der Waals surface area contributed by atoms with Gasteiger partial charge in [-0.1, -0.05) is 43.3 Å². The fraction of sp³-hybridized carbons (Fsp3) is 0.391. The number of carboxylic acid groups (broad SMARTS) is 2. The van der Waals surface area contributed by atoms with Gasteiger partial charge in [-0.2, -0.15) is 0 Å². The van der Waals surface area contributed by atoms with Gasteiger partial charge in [0.15, 0.2) is 0 Å². The molecule has 4 unspecified atom stereocenters. The first kappa shape index (κ1) is 23.5. The Hall–Kier alpha value is -2.74. The average molecular weight is 416 g/mol. The Morgan fingerprint density at radius 1 is 0.933 bits per heavy atom. The minimum Gasteiger partial charge on any atom is -0.478 e. The van der Waals surface area contributed by atoms with Gasteiger partial charge in [0.2, 0.25) is 0 Å². The van der Waals surface area contributed by atoms with Gasteiger partial charge in [0, 0.05) is 0 Å². The van der Waals surface area contributed by atoms with Gasteiger partial charge in [0.05, 0.1) is 36.0 Å². The predicted molar refractivity (Wildman–Crippen MR) is 111 cm³/mol. The van der Waals surface area contributed by atoms with E-state index >= 15 is 0 Å². The van der Waals surface area contributed by atoms with Gasteiger partial charge in [-0.15, -0.1) is 0 Å². The Morgan fingerprint density at radius 2 is 1.37 bits per heavy atom. The van der Waals surface area contributed by atoms with E-state index in [-0.39, 0.29) is 24.4 Å². The highest BCUT2D eigenvalue weighted by molar-refractivity contribution is 5.87. The number of hydrogen-bond donors (Lipinski definition) is 3. The van der Waals surface area contributed by atoms with Crippen LogP contribution in [0.2, 0.25) is 0 Å². The van der Waals surface area contributed by atoms with Crippen molar-refractivity contribution in [1.29, 1.82) is 0 Å². The van der Waals surface area contributed by atoms with Gasteiger partial charge in [0.25, 0.3) is 0 Å². The normalized spacial score (nSPS) is 26.4. The zero-order chi connectivity index (χ0) is 22.1. The number of hydrogen-bond acceptors (Lipinski definition) is 5. The van der Waals surface area contributed by atoms with Crippen LogP contribution >= 0.6 is 0 Å². The van der Waals surface area contributed by atoms with Crippen LogP contribution < -0.4 is 0 Å². The molecule has 2 aromatic rings. The number of rotatable bonds is 3. The fourth-order valence-corrected chi connectivity index (χ4v) is 3.23. The molecule has 0 aromatic heterocycles. The average Bonchev–Trinajstić information content (AvgIpc) is 3.41. The molecule has 2 aliphatic rings. The summed E-state index contributed by atoms with van der Waals surface area (Å²) in [5.74, 6) is -1.21. The molecule has 1 heterocycles. The van der Waals surface area contributed by atoms with E-state index in [0.717, 1.165) is 6.42 Å². The van der Waals surface area contributed by atoms with Crippen molar-refractivity contribution in [2.24, 2.45) is 5.92 Å². The quantitative estimate of drug-likeness (QED) is 0.703. The Labute approximate surface area is 175 Å². The number of aliphatic hydroxyl groups is 1. The highest BCUT2D eigenvalue weighted by atomic mass is 16.6. The molecule has 4 atom stereocenters. The summed E-state index contributed by atoms with van der Waals surface area (Å²) in [5, 5.41) is 25.9. The Morgan fingerprint density at radius 3 is 1.67 bits per heavy atom. The molecule has 4 rings (SSSR count). The third-order valence-corrected chi connectivity index (χ3v) is 5.03. The summed E-state index contributed by atoms with van der Waals surface area (Å²) in [6, 6.07) is 16.6. The molecule has 3 N–H and O–H groups in total. The second-order valence-electron chi connectivity index (χ2n) is 7.33. The van der Waals surface area contributed by atoms with E-state index in [1.54, 1.807) is 60.7 Å². The first-order chi connectivity index (χ1) is 14.3. The van der Waals surface area contributed by atoms with E-state index < -0.39 is 11.9 Å². The molecule has 0 amide bonds. The van der Waals surface area contributed by atoms with E-state index in [4.69, 9.17) is 24.8 Å². The standard InChI is InChI=1S/C9H16O3.2C7H6O2/c1-6-3-9(6)8(4-10)12-7(2)5-11-9;2*8-7(9)6-4-2-1-3-5-6/h6-8,10H,3-5H2,1-2H3;2*1-5H,(H,8,9). The lowest BCUT2D eigenvalue weighted by Gasteiger charge is -2.35. The zero-order valence-electron chi connectivity index (χ0n) is 17.1. The summed E-state index contributed by atoms with van der Waals surface area (Å²) < 4.78 is 11.3. The largest absolute Gasteiger partial charge is 0.478 e. The van der Waals surface area contributed by atoms with Crippen molar-refractivity contribution in [3.8, 4) is 0 Å². The molecule has 1 aliphatic carbocycles. The molecule has 1 spiro atoms. The van der Waals surface area contributed by atoms with Gasteiger partial charge < -0.3 is 24.8 Å². The molecule has 0 radical (unpaired) electrons. The van der Waals surface area contributed by atoms with Crippen molar-refractivity contribution in [3.63, 3.8) is 0 Å². The highest BCUT2D eigenvalue weighted by Gasteiger charge is 2.60. The minimum absolute atomic E-state index is 0.0781. The van der Waals surface area contributed by atoms with Gasteiger partial charge in [-0.05, 0) is 43.5 Å². The van der Waals surface area contributed by atoms with Crippen LogP contribution in [0.3, 0.4) is 0 Å². The number of carboxylic acids is 2. The molecule has 7 nitrogen and oxygen atoms in total. The third kappa shape index (κ3) is 6.38. The summed E-state index contributed by atoms with van der Waals surface area (Å²) in [4.78, 5) is 20.4. The number of aliphatic hydroxyl groups excluding tert-OH is 1. The molecule has 1 saturated heterocycles. The molecule has 1 saturated carbocycles. The summed E-state index contributed by atoms with van der Waals surface area (Å²) in [7, 11) is 0. The lowest BCUT2D eigenvalue weighted by molar-refractivity contribution is -0.203. The van der Waals surface area contributed by atoms with E-state index in [2.05, 4.69) is 6.92 Å². The van der Waals surface area contributed by atoms with E-state index in [0.29, 0.717) is 23.7 Å². The van der Waals surface area contributed by atoms with Gasteiger partial charge >= 0.3 is 11.9 Å². The highest BCUT2D eigenvalue weighted by Crippen LogP contribution is 2.52. The summed E-state index contributed by atoms with van der Waals surface area (Å²) in [5.41, 5.74) is 0.524. The second-order valence-corrected chi connectivity index (χ2v) is 7.33. The molecule has 2 aromatic carbocycles. The predicted octanol–water partition coefficient (Wildman–Crippen LogP) is 3.33. The van der Waals surface area contributed by atoms with Crippen LogP contribution in [0.5, 0.6) is 0 Å². The van der Waals surface area contributed by atoms with Crippen LogP contribution in [0.15, 0.2) is 60.7 Å². The maximum absolute atomic E-state index is 10.2. The first-order valence-electron chi connectivity index (χ1n) is 9.77. The second kappa shape index (κ2) is 10.9. The molecule has 7 heteroatoms. The van der Waals surface area contributed by atoms with Crippen molar-refractivity contribution in [3.05, 3.63) is 71.8 Å². The molecule has 2 fully saturated rings. The zero-order valence-corrected chi connectivity index (χ0v) is 17.1. The first-order valence-corrected chi connectivity index (χ1v) is 9.77. The smallest absolute Gasteiger partial charge is 0.335 e. The molecule has 1 aliphatic heterocycles. The SMILES string of the molecule is CC1COC2(CC2C)C(CO)O1.O=C(O)c1ccccc1.O=C(O)c1ccccc1. The van der Waals surface area contributed by atoms with Gasteiger partial charge in [0.1, 0.15) is 6.10 Å². The summed E-state index contributed by atoms with van der Waals surface area (Å²) >= 11 is 0. The van der Waals surface area contributed by atoms with E-state index in [1.807, 2.05) is 6.92 Å². The monoisotopic (exact) mass is 416 g/mol. The fourth-order valence-electron chi connectivity index (χ4n) is 3.23. The Bertz CT molecular complexity index is 759. The van der Waals surface area contributed by atoms with Crippen molar-refractivity contribution < 1.29 is 34.4 Å². The molecule has 162 valence electrons. The summed E-state index contributed by atoms with van der Waals surface area (Å²) in [6.45, 7) is 4.86. The van der Waals surface area contributed by atoms with Crippen molar-refractivity contribution in [2.45, 2.75) is 38.1 Å². The Kier molecular flexibility index (Phi) is 8.53. The van der Waals surface area contributed by atoms with Crippen LogP contribution in [-0.2, 0) is 9.47 Å². The number of carbonyl (C=O) groups is 2. The molecular weight excluding hydrogens is 388 g/mol. The van der Waals surface area contributed by atoms with Crippen LogP contribution in [0, 0.1) is 5.92 Å². The van der Waals surface area contributed by atoms with Crippen LogP contribution in [0.4, 0.5) is 0 Å². The van der Waals surface area contributed by atoms with Gasteiger partial charge in [-0.3, -0.25) is 0 Å². The van der Waals surface area contributed by atoms with Crippen LogP contribution in [0.1, 0.15) is 41.0 Å². The van der Waals surface area contributed by atoms with E-state index in [1.165, 1.54) is 0 Å². The number of benzene rings is 2. The number of ether oxygens (including phenoxy) is 2. The topological polar surface area (TPSA) is 113 Å². The number of aromatic carboxylic acids is 2. The lowest BCUT2D eigenvalue weighted by Crippen LogP contribution is -2.47. The Balaban J connectivity index is 0.000000163. The maximum Gasteiger partial charge on any atom is 0.335 e. The summed E-state index contributed by atoms with van der Waals surface area (Å²) in [6.07, 6.45) is 1.06. The van der Waals surface area contributed by atoms with E-state index in [9.17, 15) is 9.59 Å². The van der Waals surface area contributed by atoms with Crippen molar-refractivity contribution in [2.75, 3.05) is 13.2 Å². The van der Waals surface area contributed by atoms with Gasteiger partial charge in [-0.25, -0.2) is 9.59 Å². The molecule has 0 bridgehead atoms. The van der Waals surface area contributed by atoms with Crippen molar-refractivity contribution in [1.82, 2.24) is 0 Å². The van der Waals surface area contributed by atoms with Crippen LogP contribution in [-0.4, -0.2) is 58.3 Å².